The van der Waals surface area contributed by atoms with Crippen molar-refractivity contribution in [1.29, 1.82) is 0 Å². The van der Waals surface area contributed by atoms with E-state index in [4.69, 9.17) is 5.73 Å². The number of nitrogens with zero attached hydrogens (tertiary/aromatic N) is 2. The monoisotopic (exact) mass is 264 g/mol. The third kappa shape index (κ3) is 3.08. The second-order valence-electron chi connectivity index (χ2n) is 5.32. The SMILES string of the molecule is CCC1CCCCC1NC(=O)c1nn(CC)cc1N. The summed E-state index contributed by atoms with van der Waals surface area (Å²) in [7, 11) is 0. The molecular weight excluding hydrogens is 240 g/mol. The van der Waals surface area contributed by atoms with E-state index in [0.29, 0.717) is 17.3 Å². The number of carbonyl (C=O) groups excluding carboxylic acids is 1. The van der Waals surface area contributed by atoms with Crippen LogP contribution in [-0.2, 0) is 6.54 Å². The molecule has 0 bridgehead atoms. The number of nitrogens with one attached hydrogen (secondary N) is 1. The quantitative estimate of drug-likeness (QED) is 0.875. The van der Waals surface area contributed by atoms with Gasteiger partial charge in [-0.25, -0.2) is 0 Å². The van der Waals surface area contributed by atoms with E-state index in [9.17, 15) is 4.79 Å². The number of carbonyl (C=O) groups is 1. The Hall–Kier alpha value is -1.52. The third-order valence-electron chi connectivity index (χ3n) is 4.08. The van der Waals surface area contributed by atoms with Crippen LogP contribution in [0.4, 0.5) is 5.69 Å². The first-order valence-corrected chi connectivity index (χ1v) is 7.29. The van der Waals surface area contributed by atoms with Gasteiger partial charge in [0.25, 0.3) is 5.91 Å². The van der Waals surface area contributed by atoms with Crippen molar-refractivity contribution in [1.82, 2.24) is 15.1 Å². The summed E-state index contributed by atoms with van der Waals surface area (Å²) >= 11 is 0. The summed E-state index contributed by atoms with van der Waals surface area (Å²) < 4.78 is 1.70. The van der Waals surface area contributed by atoms with Crippen molar-refractivity contribution in [2.45, 2.75) is 58.5 Å². The van der Waals surface area contributed by atoms with E-state index < -0.39 is 0 Å². The zero-order chi connectivity index (χ0) is 13.8. The summed E-state index contributed by atoms with van der Waals surface area (Å²) in [5.41, 5.74) is 6.67. The van der Waals surface area contributed by atoms with E-state index in [1.165, 1.54) is 19.3 Å². The molecule has 1 aromatic rings. The molecule has 0 spiro atoms. The molecule has 1 aliphatic carbocycles. The Morgan fingerprint density at radius 2 is 2.21 bits per heavy atom. The Balaban J connectivity index is 2.05. The molecule has 2 rings (SSSR count). The number of nitrogen functional groups attached to an aromatic ring is 1. The van der Waals surface area contributed by atoms with E-state index in [0.717, 1.165) is 19.4 Å². The van der Waals surface area contributed by atoms with Crippen molar-refractivity contribution in [2.75, 3.05) is 5.73 Å². The van der Waals surface area contributed by atoms with Gasteiger partial charge in [0.15, 0.2) is 5.69 Å². The fraction of sp³-hybridized carbons (Fsp3) is 0.714. The average Bonchev–Trinajstić information content (AvgIpc) is 2.80. The number of hydrogen-bond donors (Lipinski definition) is 2. The summed E-state index contributed by atoms with van der Waals surface area (Å²) in [6.07, 6.45) is 7.58. The van der Waals surface area contributed by atoms with Gasteiger partial charge in [0, 0.05) is 18.8 Å². The van der Waals surface area contributed by atoms with Gasteiger partial charge in [-0.05, 0) is 25.7 Å². The summed E-state index contributed by atoms with van der Waals surface area (Å²) in [6, 6.07) is 0.275. The highest BCUT2D eigenvalue weighted by Crippen LogP contribution is 2.27. The van der Waals surface area contributed by atoms with Gasteiger partial charge >= 0.3 is 0 Å². The molecule has 5 nitrogen and oxygen atoms in total. The van der Waals surface area contributed by atoms with Crippen LogP contribution in [0, 0.1) is 5.92 Å². The Bertz CT molecular complexity index is 441. The van der Waals surface area contributed by atoms with Gasteiger partial charge in [0.2, 0.25) is 0 Å². The van der Waals surface area contributed by atoms with Crippen molar-refractivity contribution in [3.05, 3.63) is 11.9 Å². The highest BCUT2D eigenvalue weighted by atomic mass is 16.2. The van der Waals surface area contributed by atoms with Crippen molar-refractivity contribution in [3.8, 4) is 0 Å². The van der Waals surface area contributed by atoms with Crippen LogP contribution in [0.2, 0.25) is 0 Å². The fourth-order valence-corrected chi connectivity index (χ4v) is 2.90. The minimum atomic E-state index is -0.130. The van der Waals surface area contributed by atoms with E-state index in [1.54, 1.807) is 10.9 Å². The second kappa shape index (κ2) is 6.08. The maximum absolute atomic E-state index is 12.3. The fourth-order valence-electron chi connectivity index (χ4n) is 2.90. The molecule has 1 heterocycles. The maximum Gasteiger partial charge on any atom is 0.274 e. The molecule has 1 aromatic heterocycles. The van der Waals surface area contributed by atoms with Gasteiger partial charge in [-0.2, -0.15) is 5.10 Å². The lowest BCUT2D eigenvalue weighted by Crippen LogP contribution is -2.42. The number of nitrogens with two attached hydrogens (primary N) is 1. The third-order valence-corrected chi connectivity index (χ3v) is 4.08. The van der Waals surface area contributed by atoms with Crippen LogP contribution in [0.3, 0.4) is 0 Å². The van der Waals surface area contributed by atoms with Crippen LogP contribution in [0.25, 0.3) is 0 Å². The largest absolute Gasteiger partial charge is 0.396 e. The van der Waals surface area contributed by atoms with Crippen molar-refractivity contribution >= 4 is 11.6 Å². The van der Waals surface area contributed by atoms with Crippen molar-refractivity contribution in [3.63, 3.8) is 0 Å². The topological polar surface area (TPSA) is 72.9 Å². The first-order valence-electron chi connectivity index (χ1n) is 7.29. The number of hydrogen-bond acceptors (Lipinski definition) is 3. The molecule has 19 heavy (non-hydrogen) atoms. The van der Waals surface area contributed by atoms with Gasteiger partial charge in [0.1, 0.15) is 0 Å². The molecule has 2 atom stereocenters. The number of anilines is 1. The predicted octanol–water partition coefficient (Wildman–Crippen LogP) is 2.18. The Labute approximate surface area is 114 Å². The lowest BCUT2D eigenvalue weighted by molar-refractivity contribution is 0.0899. The molecule has 0 radical (unpaired) electrons. The Morgan fingerprint density at radius 1 is 1.47 bits per heavy atom. The summed E-state index contributed by atoms with van der Waals surface area (Å²) in [5, 5.41) is 7.34. The molecule has 1 fully saturated rings. The summed E-state index contributed by atoms with van der Waals surface area (Å²) in [4.78, 5) is 12.3. The molecule has 106 valence electrons. The highest BCUT2D eigenvalue weighted by Gasteiger charge is 2.26. The van der Waals surface area contributed by atoms with Crippen LogP contribution < -0.4 is 11.1 Å². The lowest BCUT2D eigenvalue weighted by Gasteiger charge is -2.31. The molecule has 3 N–H and O–H groups in total. The van der Waals surface area contributed by atoms with Gasteiger partial charge in [-0.3, -0.25) is 9.48 Å². The van der Waals surface area contributed by atoms with E-state index >= 15 is 0 Å². The maximum atomic E-state index is 12.3. The zero-order valence-corrected chi connectivity index (χ0v) is 11.9. The molecule has 1 aliphatic rings. The molecule has 1 saturated carbocycles. The summed E-state index contributed by atoms with van der Waals surface area (Å²) in [5.74, 6) is 0.460. The van der Waals surface area contributed by atoms with E-state index in [2.05, 4.69) is 17.3 Å². The molecule has 0 aromatic carbocycles. The van der Waals surface area contributed by atoms with E-state index in [-0.39, 0.29) is 11.9 Å². The van der Waals surface area contributed by atoms with Gasteiger partial charge < -0.3 is 11.1 Å². The zero-order valence-electron chi connectivity index (χ0n) is 11.9. The predicted molar refractivity (Wildman–Crippen MR) is 75.8 cm³/mol. The number of aromatic nitrogens is 2. The van der Waals surface area contributed by atoms with Crippen LogP contribution >= 0.6 is 0 Å². The number of amides is 1. The van der Waals surface area contributed by atoms with Crippen LogP contribution in [0.15, 0.2) is 6.20 Å². The first kappa shape index (κ1) is 13.9. The highest BCUT2D eigenvalue weighted by molar-refractivity contribution is 5.97. The lowest BCUT2D eigenvalue weighted by atomic mass is 9.83. The minimum Gasteiger partial charge on any atom is -0.396 e. The minimum absolute atomic E-state index is 0.130. The van der Waals surface area contributed by atoms with Gasteiger partial charge in [-0.1, -0.05) is 26.2 Å². The summed E-state index contributed by atoms with van der Waals surface area (Å²) in [6.45, 7) is 4.89. The molecule has 1 amide bonds. The standard InChI is InChI=1S/C14H24N4O/c1-3-10-7-5-6-8-12(10)16-14(19)13-11(15)9-18(4-2)17-13/h9-10,12H,3-8,15H2,1-2H3,(H,16,19). The number of aryl methyl sites for hydroxylation is 1. The molecule has 5 heteroatoms. The van der Waals surface area contributed by atoms with Crippen LogP contribution in [0.1, 0.15) is 56.4 Å². The first-order chi connectivity index (χ1) is 9.15. The van der Waals surface area contributed by atoms with E-state index in [1.807, 2.05) is 6.92 Å². The second-order valence-corrected chi connectivity index (χ2v) is 5.32. The molecular formula is C14H24N4O. The van der Waals surface area contributed by atoms with Crippen molar-refractivity contribution < 1.29 is 4.79 Å². The van der Waals surface area contributed by atoms with Gasteiger partial charge in [0.05, 0.1) is 5.69 Å². The van der Waals surface area contributed by atoms with Gasteiger partial charge in [-0.15, -0.1) is 0 Å². The molecule has 0 saturated heterocycles. The number of rotatable bonds is 4. The van der Waals surface area contributed by atoms with Crippen LogP contribution in [-0.4, -0.2) is 21.7 Å². The molecule has 2 unspecified atom stereocenters. The smallest absolute Gasteiger partial charge is 0.274 e. The normalized spacial score (nSPS) is 23.3. The molecule has 0 aliphatic heterocycles. The Morgan fingerprint density at radius 3 is 2.84 bits per heavy atom. The van der Waals surface area contributed by atoms with Crippen molar-refractivity contribution in [2.24, 2.45) is 5.92 Å². The van der Waals surface area contributed by atoms with Crippen LogP contribution in [0.5, 0.6) is 0 Å². The average molecular weight is 264 g/mol. The Kier molecular flexibility index (Phi) is 4.45.